The third-order valence-corrected chi connectivity index (χ3v) is 16.5. The van der Waals surface area contributed by atoms with Crippen LogP contribution in [0.5, 0.6) is 0 Å². The van der Waals surface area contributed by atoms with Crippen LogP contribution in [0, 0.1) is 5.92 Å². The number of benzene rings is 1. The van der Waals surface area contributed by atoms with Crippen molar-refractivity contribution in [2.45, 2.75) is 231 Å². The molecule has 13 atom stereocenters. The van der Waals surface area contributed by atoms with Gasteiger partial charge in [0.2, 0.25) is 94.5 Å². The number of aliphatic hydroxyl groups excluding tert-OH is 2. The highest BCUT2D eigenvalue weighted by atomic mass is 16.3. The van der Waals surface area contributed by atoms with E-state index in [0.717, 1.165) is 37.7 Å². The second-order valence-electron chi connectivity index (χ2n) is 27.0. The molecule has 34 N–H and O–H groups in total. The Balaban J connectivity index is 0. The lowest BCUT2D eigenvalue weighted by molar-refractivity contribution is -0.134. The number of rotatable bonds is 49. The largest absolute Gasteiger partial charge is 0.394 e. The summed E-state index contributed by atoms with van der Waals surface area (Å²) in [5.74, 6) is -8.00. The van der Waals surface area contributed by atoms with Gasteiger partial charge in [0.1, 0.15) is 72.5 Å². The Morgan fingerprint density at radius 2 is 0.649 bits per heavy atom. The summed E-state index contributed by atoms with van der Waals surface area (Å²) in [6.45, 7) is 27.5. The van der Waals surface area contributed by atoms with Gasteiger partial charge in [-0.1, -0.05) is 75.9 Å². The van der Waals surface area contributed by atoms with E-state index < -0.39 is 168 Å². The summed E-state index contributed by atoms with van der Waals surface area (Å²) >= 11 is 0. The molecule has 0 heterocycles. The van der Waals surface area contributed by atoms with Crippen molar-refractivity contribution in [2.75, 3.05) is 32.8 Å². The number of hydrogen-bond donors (Lipinski definition) is 26. The first-order chi connectivity index (χ1) is 53.2. The molecule has 1 fully saturated rings. The summed E-state index contributed by atoms with van der Waals surface area (Å²) in [5.41, 5.74) is 43.8. The van der Waals surface area contributed by atoms with Crippen molar-refractivity contribution in [3.05, 3.63) is 85.5 Å². The maximum absolute atomic E-state index is 12.9. The molecule has 0 saturated heterocycles. The molecule has 1 aliphatic carbocycles. The summed E-state index contributed by atoms with van der Waals surface area (Å²) in [4.78, 5) is 191. The Labute approximate surface area is 664 Å². The van der Waals surface area contributed by atoms with Crippen molar-refractivity contribution >= 4 is 94.5 Å². The predicted molar refractivity (Wildman–Crippen MR) is 423 cm³/mol. The smallest absolute Gasteiger partial charge is 0.243 e. The number of hydrogen-bond acceptors (Lipinski definition) is 26. The van der Waals surface area contributed by atoms with Gasteiger partial charge in [-0.3, -0.25) is 76.7 Å². The van der Waals surface area contributed by atoms with E-state index in [1.54, 1.807) is 0 Å². The average molecular weight is 1620 g/mol. The summed E-state index contributed by atoms with van der Waals surface area (Å²) in [6.07, 6.45) is 6.65. The van der Waals surface area contributed by atoms with Crippen molar-refractivity contribution in [3.8, 4) is 0 Å². The monoisotopic (exact) mass is 1610 g/mol. The van der Waals surface area contributed by atoms with E-state index in [9.17, 15) is 81.8 Å². The third kappa shape index (κ3) is 48.6. The molecule has 1 saturated carbocycles. The quantitative estimate of drug-likeness (QED) is 0.0270. The highest BCUT2D eigenvalue weighted by Gasteiger charge is 2.35. The van der Waals surface area contributed by atoms with Crippen molar-refractivity contribution in [2.24, 2.45) is 51.8 Å². The lowest BCUT2D eigenvalue weighted by Crippen LogP contribution is -2.58. The number of aliphatic hydroxyl groups is 2. The van der Waals surface area contributed by atoms with E-state index in [0.29, 0.717) is 69.9 Å². The van der Waals surface area contributed by atoms with Crippen LogP contribution in [0.4, 0.5) is 0 Å². The standard InChI is InChI=1S/C21H32N6O4.C20H36N6O4.C16H30N6O5.C15H28N6O5/c1-13(25-15(3)28)20(30)26-17(10-7-11-24-14(2)22)21(31)27-18(19(23)29)12-16-8-5-4-6-9-16;1-12(24-14(3)27)19(29)25-16(10-7-11-23-13(2)21)20(30)26-17(18(22)28)15-8-5-4-6-9-15;1-8(20-11(4)24)15(26)21-12(6-5-7-19-10(3)17)16(27)22-13(9(2)23)14(18)25;1-8(19-10(3)23)14(25)20-11(5-4-6-18-9(2)16)15(26)21-12(7-22)13(17)24/h4-6,8-9,13,17-18,24H,2,7,10-12,22H2,1,3H3,(H2,23,29)(H,25,28)(H,26,30)(H,27,31);12,15-17,23H,2,4-11,21H2,1,3H3,(H2,22,28)(H,24,27)(H,25,29)(H,26,30);8-9,12-13,19,23H,3,5-7,17H2,1-2,4H3,(H2,18,25)(H,20,24)(H,21,26)(H,22,27);8,11-12,18,22H,2,4-7,16H2,1,3H3,(H2,17,24)(H,19,23)(H,20,25)(H,21,26)/t13-,17-,18-;12-,16-,17-;8-,9+,12-,13?;8-,11-,12-/m0000/s1. The van der Waals surface area contributed by atoms with Crippen LogP contribution in [0.15, 0.2) is 79.9 Å². The van der Waals surface area contributed by atoms with Gasteiger partial charge in [-0.2, -0.15) is 0 Å². The Kier molecular flexibility index (Phi) is 52.1. The van der Waals surface area contributed by atoms with Crippen LogP contribution in [0.3, 0.4) is 0 Å². The highest BCUT2D eigenvalue weighted by Crippen LogP contribution is 2.27. The fourth-order valence-corrected chi connectivity index (χ4v) is 10.6. The van der Waals surface area contributed by atoms with Crippen LogP contribution in [0.1, 0.15) is 151 Å². The normalized spacial score (nSPS) is 14.7. The zero-order valence-electron chi connectivity index (χ0n) is 66.8. The number of nitrogens with one attached hydrogen (secondary N) is 16. The van der Waals surface area contributed by atoms with Gasteiger partial charge < -0.3 is 141 Å². The van der Waals surface area contributed by atoms with E-state index in [-0.39, 0.29) is 55.1 Å². The molecule has 1 aromatic carbocycles. The van der Waals surface area contributed by atoms with Gasteiger partial charge in [-0.15, -0.1) is 0 Å². The molecule has 42 heteroatoms. The van der Waals surface area contributed by atoms with E-state index in [4.69, 9.17) is 51.0 Å². The first kappa shape index (κ1) is 104. The van der Waals surface area contributed by atoms with Gasteiger partial charge in [0.05, 0.1) is 36.0 Å². The first-order valence-electron chi connectivity index (χ1n) is 37.0. The molecule has 42 nitrogen and oxygen atoms in total. The fraction of sp³-hybridized carbons (Fsp3) is 0.583. The summed E-state index contributed by atoms with van der Waals surface area (Å²) in [6, 6.07) is -2.33. The molecule has 114 heavy (non-hydrogen) atoms. The van der Waals surface area contributed by atoms with Crippen LogP contribution >= 0.6 is 0 Å². The second-order valence-corrected chi connectivity index (χ2v) is 27.0. The molecule has 1 aromatic rings. The fourth-order valence-electron chi connectivity index (χ4n) is 10.6. The summed E-state index contributed by atoms with van der Waals surface area (Å²) in [5, 5.41) is 59.9. The number of carbonyl (C=O) groups is 16. The van der Waals surface area contributed by atoms with Crippen molar-refractivity contribution in [3.63, 3.8) is 0 Å². The third-order valence-electron chi connectivity index (χ3n) is 16.5. The first-order valence-corrected chi connectivity index (χ1v) is 37.0. The number of primary amides is 4. The Bertz CT molecular complexity index is 3380. The predicted octanol–water partition coefficient (Wildman–Crippen LogP) is -7.74. The molecular weight excluding hydrogens is 1490 g/mol. The number of carbonyl (C=O) groups excluding carboxylic acids is 16. The second kappa shape index (κ2) is 57.1. The van der Waals surface area contributed by atoms with Gasteiger partial charge in [0, 0.05) is 60.3 Å². The molecule has 0 spiro atoms. The Morgan fingerprint density at radius 3 is 0.904 bits per heavy atom. The van der Waals surface area contributed by atoms with Gasteiger partial charge in [-0.25, -0.2) is 0 Å². The van der Waals surface area contributed by atoms with Crippen LogP contribution in [-0.2, 0) is 83.1 Å². The van der Waals surface area contributed by atoms with Gasteiger partial charge in [-0.05, 0) is 110 Å². The molecule has 16 amide bonds. The maximum Gasteiger partial charge on any atom is 0.243 e. The van der Waals surface area contributed by atoms with Crippen molar-refractivity contribution in [1.29, 1.82) is 0 Å². The van der Waals surface area contributed by atoms with Gasteiger partial charge in [0.15, 0.2) is 0 Å². The maximum atomic E-state index is 12.9. The van der Waals surface area contributed by atoms with Gasteiger partial charge >= 0.3 is 0 Å². The lowest BCUT2D eigenvalue weighted by atomic mass is 9.83. The van der Waals surface area contributed by atoms with Gasteiger partial charge in [0.25, 0.3) is 0 Å². The minimum Gasteiger partial charge on any atom is -0.394 e. The van der Waals surface area contributed by atoms with Crippen LogP contribution < -0.4 is 131 Å². The molecule has 0 aromatic heterocycles. The van der Waals surface area contributed by atoms with Crippen LogP contribution in [0.2, 0.25) is 0 Å². The molecule has 0 radical (unpaired) electrons. The summed E-state index contributed by atoms with van der Waals surface area (Å²) < 4.78 is 0. The number of amides is 16. The van der Waals surface area contributed by atoms with E-state index in [1.807, 2.05) is 30.3 Å². The van der Waals surface area contributed by atoms with E-state index in [2.05, 4.69) is 111 Å². The topological polar surface area (TPSA) is 714 Å². The van der Waals surface area contributed by atoms with E-state index >= 15 is 0 Å². The highest BCUT2D eigenvalue weighted by molar-refractivity contribution is 5.97. The zero-order chi connectivity index (χ0) is 87.5. The molecule has 642 valence electrons. The molecular formula is C72H126N24O18. The number of nitrogens with two attached hydrogens (primary N) is 8. The molecule has 1 aliphatic rings. The minimum absolute atomic E-state index is 0.00270. The van der Waals surface area contributed by atoms with Crippen LogP contribution in [0.25, 0.3) is 0 Å². The Morgan fingerprint density at radius 1 is 0.368 bits per heavy atom. The molecule has 1 unspecified atom stereocenters. The Hall–Kier alpha value is -12.0. The van der Waals surface area contributed by atoms with E-state index in [1.165, 1.54) is 62.3 Å². The zero-order valence-corrected chi connectivity index (χ0v) is 66.8. The SMILES string of the molecule is C=C(N)NCCC[C@H](NC(=O)[C@H](C)NC(C)=O)C(=O)NC(C(N)=O)[C@@H](C)O.C=C(N)NCCC[C@H](NC(=O)[C@H](C)NC(C)=O)C(=O)N[C@@H](CO)C(N)=O.C=C(N)NCCC[C@H](NC(=O)[C@H](C)NC(C)=O)C(=O)N[C@@H](Cc1ccccc1)C(N)=O.C=C(N)NCCC[C@H](NC(=O)[C@H](C)NC(C)=O)C(=O)N[C@H](C(N)=O)C1CCCCC1. The lowest BCUT2D eigenvalue weighted by Gasteiger charge is -2.30. The summed E-state index contributed by atoms with van der Waals surface area (Å²) in [7, 11) is 0. The average Bonchev–Trinajstić information content (AvgIpc) is 0.946. The van der Waals surface area contributed by atoms with Crippen molar-refractivity contribution < 1.29 is 86.9 Å². The molecule has 0 aliphatic heterocycles. The van der Waals surface area contributed by atoms with Crippen molar-refractivity contribution in [1.82, 2.24) is 85.1 Å². The minimum atomic E-state index is -1.30. The molecule has 0 bridgehead atoms. The molecule has 2 rings (SSSR count). The van der Waals surface area contributed by atoms with Crippen LogP contribution in [-0.4, -0.2) is 216 Å².